The predicted molar refractivity (Wildman–Crippen MR) is 80.2 cm³/mol. The first-order valence-corrected chi connectivity index (χ1v) is 7.70. The smallest absolute Gasteiger partial charge is 0.134 e. The van der Waals surface area contributed by atoms with E-state index in [1.807, 2.05) is 19.0 Å². The second-order valence-electron chi connectivity index (χ2n) is 6.41. The Labute approximate surface area is 125 Å². The van der Waals surface area contributed by atoms with E-state index < -0.39 is 23.3 Å². The van der Waals surface area contributed by atoms with Crippen molar-refractivity contribution in [3.05, 3.63) is 34.9 Å². The number of hydrogen-bond donors (Lipinski definition) is 1. The molecule has 1 N–H and O–H groups in total. The number of nitrogens with zero attached hydrogens (tertiary/aromatic N) is 1. The van der Waals surface area contributed by atoms with Gasteiger partial charge in [-0.1, -0.05) is 31.7 Å². The van der Waals surface area contributed by atoms with Crippen molar-refractivity contribution in [2.45, 2.75) is 57.1 Å². The number of halogens is 2. The SMILES string of the molecule is Cc1ccc(F)c(C(O)C2(N(C)C)CCCCCC2)c1F. The summed E-state index contributed by atoms with van der Waals surface area (Å²) in [5.41, 5.74) is -0.398. The lowest BCUT2D eigenvalue weighted by Crippen LogP contribution is -2.49. The number of hydrogen-bond acceptors (Lipinski definition) is 2. The quantitative estimate of drug-likeness (QED) is 0.854. The molecule has 0 radical (unpaired) electrons. The highest BCUT2D eigenvalue weighted by Gasteiger charge is 2.43. The van der Waals surface area contributed by atoms with E-state index in [0.717, 1.165) is 38.5 Å². The van der Waals surface area contributed by atoms with Gasteiger partial charge in [0.25, 0.3) is 0 Å². The maximum absolute atomic E-state index is 14.4. The zero-order valence-corrected chi connectivity index (χ0v) is 13.1. The van der Waals surface area contributed by atoms with Crippen LogP contribution in [0.25, 0.3) is 0 Å². The lowest BCUT2D eigenvalue weighted by molar-refractivity contribution is -0.0236. The Kier molecular flexibility index (Phi) is 4.99. The summed E-state index contributed by atoms with van der Waals surface area (Å²) in [6.07, 6.45) is 4.55. The highest BCUT2D eigenvalue weighted by Crippen LogP contribution is 2.42. The normalized spacial score (nSPS) is 20.3. The summed E-state index contributed by atoms with van der Waals surface area (Å²) < 4.78 is 28.5. The lowest BCUT2D eigenvalue weighted by atomic mass is 9.79. The van der Waals surface area contributed by atoms with E-state index in [1.165, 1.54) is 12.1 Å². The second kappa shape index (κ2) is 6.41. The molecule has 2 nitrogen and oxygen atoms in total. The Morgan fingerprint density at radius 2 is 1.67 bits per heavy atom. The van der Waals surface area contributed by atoms with Crippen molar-refractivity contribution in [1.82, 2.24) is 4.90 Å². The molecule has 1 saturated carbocycles. The van der Waals surface area contributed by atoms with Crippen LogP contribution in [0, 0.1) is 18.6 Å². The first kappa shape index (κ1) is 16.4. The number of likely N-dealkylation sites (N-methyl/N-ethyl adjacent to an activating group) is 1. The average molecular weight is 297 g/mol. The Morgan fingerprint density at radius 1 is 1.10 bits per heavy atom. The van der Waals surface area contributed by atoms with E-state index in [0.29, 0.717) is 5.56 Å². The van der Waals surface area contributed by atoms with Gasteiger partial charge in [-0.2, -0.15) is 0 Å². The fourth-order valence-electron chi connectivity index (χ4n) is 3.50. The third kappa shape index (κ3) is 2.97. The number of benzene rings is 1. The van der Waals surface area contributed by atoms with Crippen molar-refractivity contribution in [3.63, 3.8) is 0 Å². The molecule has 1 aromatic carbocycles. The molecule has 21 heavy (non-hydrogen) atoms. The first-order chi connectivity index (χ1) is 9.90. The highest BCUT2D eigenvalue weighted by atomic mass is 19.1. The van der Waals surface area contributed by atoms with Crippen LogP contribution < -0.4 is 0 Å². The van der Waals surface area contributed by atoms with E-state index in [-0.39, 0.29) is 5.56 Å². The number of aryl methyl sites for hydroxylation is 1. The summed E-state index contributed by atoms with van der Waals surface area (Å²) in [6, 6.07) is 2.66. The van der Waals surface area contributed by atoms with Gasteiger partial charge in [0.1, 0.15) is 17.7 Å². The van der Waals surface area contributed by atoms with Crippen LogP contribution in [0.5, 0.6) is 0 Å². The van der Waals surface area contributed by atoms with Crippen LogP contribution in [0.1, 0.15) is 55.8 Å². The Bertz CT molecular complexity index is 494. The van der Waals surface area contributed by atoms with E-state index in [4.69, 9.17) is 0 Å². The van der Waals surface area contributed by atoms with Crippen LogP contribution in [0.3, 0.4) is 0 Å². The van der Waals surface area contributed by atoms with Gasteiger partial charge >= 0.3 is 0 Å². The molecule has 1 aromatic rings. The molecule has 0 aromatic heterocycles. The number of aliphatic hydroxyl groups excluding tert-OH is 1. The molecule has 0 heterocycles. The van der Waals surface area contributed by atoms with Gasteiger partial charge in [0.15, 0.2) is 0 Å². The number of rotatable bonds is 3. The van der Waals surface area contributed by atoms with Gasteiger partial charge in [-0.3, -0.25) is 0 Å². The zero-order chi connectivity index (χ0) is 15.6. The topological polar surface area (TPSA) is 23.5 Å². The van der Waals surface area contributed by atoms with Crippen molar-refractivity contribution in [2.75, 3.05) is 14.1 Å². The van der Waals surface area contributed by atoms with Gasteiger partial charge in [-0.05, 0) is 45.5 Å². The molecular formula is C17H25F2NO. The standard InChI is InChI=1S/C17H25F2NO/c1-12-8-9-13(18)14(15(12)19)16(21)17(20(2)3)10-6-4-5-7-11-17/h8-9,16,21H,4-7,10-11H2,1-3H3. The molecule has 1 atom stereocenters. The number of aliphatic hydroxyl groups is 1. The zero-order valence-electron chi connectivity index (χ0n) is 13.1. The maximum atomic E-state index is 14.4. The summed E-state index contributed by atoms with van der Waals surface area (Å²) in [7, 11) is 3.78. The third-order valence-electron chi connectivity index (χ3n) is 4.96. The molecule has 0 bridgehead atoms. The van der Waals surface area contributed by atoms with Crippen LogP contribution in [0.2, 0.25) is 0 Å². The van der Waals surface area contributed by atoms with Crippen molar-refractivity contribution in [1.29, 1.82) is 0 Å². The minimum Gasteiger partial charge on any atom is -0.386 e. The van der Waals surface area contributed by atoms with E-state index in [9.17, 15) is 13.9 Å². The van der Waals surface area contributed by atoms with E-state index in [1.54, 1.807) is 6.92 Å². The monoisotopic (exact) mass is 297 g/mol. The summed E-state index contributed by atoms with van der Waals surface area (Å²) in [6.45, 7) is 1.60. The summed E-state index contributed by atoms with van der Waals surface area (Å²) >= 11 is 0. The Balaban J connectivity index is 2.48. The molecule has 0 aliphatic heterocycles. The van der Waals surface area contributed by atoms with Gasteiger partial charge in [-0.25, -0.2) is 8.78 Å². The first-order valence-electron chi connectivity index (χ1n) is 7.70. The Hall–Kier alpha value is -1.00. The molecule has 1 aliphatic carbocycles. The van der Waals surface area contributed by atoms with E-state index >= 15 is 0 Å². The average Bonchev–Trinajstić information content (AvgIpc) is 2.70. The molecule has 1 unspecified atom stereocenters. The fraction of sp³-hybridized carbons (Fsp3) is 0.647. The van der Waals surface area contributed by atoms with Crippen LogP contribution in [-0.2, 0) is 0 Å². The van der Waals surface area contributed by atoms with Crippen LogP contribution >= 0.6 is 0 Å². The molecule has 1 fully saturated rings. The van der Waals surface area contributed by atoms with Crippen LogP contribution in [0.4, 0.5) is 8.78 Å². The van der Waals surface area contributed by atoms with Crippen LogP contribution in [-0.4, -0.2) is 29.6 Å². The third-order valence-corrected chi connectivity index (χ3v) is 4.96. The fourth-order valence-corrected chi connectivity index (χ4v) is 3.50. The largest absolute Gasteiger partial charge is 0.386 e. The molecule has 2 rings (SSSR count). The highest BCUT2D eigenvalue weighted by molar-refractivity contribution is 5.30. The minimum atomic E-state index is -1.15. The lowest BCUT2D eigenvalue weighted by Gasteiger charge is -2.43. The molecule has 0 saturated heterocycles. The van der Waals surface area contributed by atoms with Crippen molar-refractivity contribution in [3.8, 4) is 0 Å². The van der Waals surface area contributed by atoms with Crippen molar-refractivity contribution < 1.29 is 13.9 Å². The summed E-state index contributed by atoms with van der Waals surface area (Å²) in [4.78, 5) is 1.95. The van der Waals surface area contributed by atoms with Gasteiger partial charge in [0.2, 0.25) is 0 Å². The molecule has 4 heteroatoms. The van der Waals surface area contributed by atoms with Crippen molar-refractivity contribution >= 4 is 0 Å². The van der Waals surface area contributed by atoms with Gasteiger partial charge in [0.05, 0.1) is 11.1 Å². The Morgan fingerprint density at radius 3 is 2.19 bits per heavy atom. The van der Waals surface area contributed by atoms with Crippen molar-refractivity contribution in [2.24, 2.45) is 0 Å². The van der Waals surface area contributed by atoms with Gasteiger partial charge < -0.3 is 10.0 Å². The van der Waals surface area contributed by atoms with E-state index in [2.05, 4.69) is 0 Å². The molecular weight excluding hydrogens is 272 g/mol. The second-order valence-corrected chi connectivity index (χ2v) is 6.41. The van der Waals surface area contributed by atoms with Gasteiger partial charge in [0, 0.05) is 0 Å². The predicted octanol–water partition coefficient (Wildman–Crippen LogP) is 3.96. The maximum Gasteiger partial charge on any atom is 0.134 e. The molecule has 0 amide bonds. The summed E-state index contributed by atoms with van der Waals surface area (Å²) in [5.74, 6) is -1.27. The van der Waals surface area contributed by atoms with Gasteiger partial charge in [-0.15, -0.1) is 0 Å². The molecule has 118 valence electrons. The minimum absolute atomic E-state index is 0.175. The summed E-state index contributed by atoms with van der Waals surface area (Å²) in [5, 5.41) is 10.9. The molecule has 0 spiro atoms. The molecule has 1 aliphatic rings. The van der Waals surface area contributed by atoms with Crippen LogP contribution in [0.15, 0.2) is 12.1 Å².